The molecule has 0 saturated heterocycles. The van der Waals surface area contributed by atoms with E-state index in [2.05, 4.69) is 4.90 Å². The van der Waals surface area contributed by atoms with Crippen molar-refractivity contribution in [3.8, 4) is 0 Å². The zero-order valence-electron chi connectivity index (χ0n) is 11.9. The molecule has 0 unspecified atom stereocenters. The van der Waals surface area contributed by atoms with Gasteiger partial charge in [0.2, 0.25) is 0 Å². The summed E-state index contributed by atoms with van der Waals surface area (Å²) < 4.78 is 0. The minimum Gasteiger partial charge on any atom is -0.478 e. The maximum absolute atomic E-state index is 11.0. The van der Waals surface area contributed by atoms with Crippen LogP contribution in [0.25, 0.3) is 6.08 Å². The maximum atomic E-state index is 11.0. The molecule has 2 rings (SSSR count). The van der Waals surface area contributed by atoms with Crippen molar-refractivity contribution in [2.24, 2.45) is 5.92 Å². The predicted molar refractivity (Wildman–Crippen MR) is 80.4 cm³/mol. The highest BCUT2D eigenvalue weighted by molar-refractivity contribution is 5.86. The smallest absolute Gasteiger partial charge is 0.328 e. The highest BCUT2D eigenvalue weighted by Crippen LogP contribution is 2.33. The lowest BCUT2D eigenvalue weighted by molar-refractivity contribution is -0.385. The van der Waals surface area contributed by atoms with Gasteiger partial charge in [-0.05, 0) is 43.9 Å². The van der Waals surface area contributed by atoms with Crippen LogP contribution in [0.1, 0.15) is 25.3 Å². The molecule has 1 aromatic carbocycles. The molecule has 1 aliphatic rings. The average Bonchev–Trinajstić information content (AvgIpc) is 3.26. The summed E-state index contributed by atoms with van der Waals surface area (Å²) in [5.74, 6) is -0.418. The van der Waals surface area contributed by atoms with E-state index in [4.69, 9.17) is 5.11 Å². The molecule has 1 saturated carbocycles. The first-order valence-electron chi connectivity index (χ1n) is 6.95. The van der Waals surface area contributed by atoms with E-state index in [1.54, 1.807) is 12.1 Å². The van der Waals surface area contributed by atoms with E-state index in [0.717, 1.165) is 24.9 Å². The highest BCUT2D eigenvalue weighted by atomic mass is 16.6. The minimum atomic E-state index is -1.12. The van der Waals surface area contributed by atoms with Gasteiger partial charge in [-0.25, -0.2) is 4.79 Å². The standard InChI is InChI=1S/C15H18N2O4/c1-2-16(10-11-3-4-11)13-6-7-14(17(20)21)12(9-13)5-8-15(18)19/h5-9,11H,2-4,10H2,1H3,(H,18,19)/b8-5+. The fourth-order valence-corrected chi connectivity index (χ4v) is 2.23. The Bertz CT molecular complexity index is 579. The van der Waals surface area contributed by atoms with Crippen LogP contribution >= 0.6 is 0 Å². The summed E-state index contributed by atoms with van der Waals surface area (Å²) in [6.07, 6.45) is 4.66. The Labute approximate surface area is 122 Å². The molecule has 0 aromatic heterocycles. The Hall–Kier alpha value is -2.37. The topological polar surface area (TPSA) is 83.7 Å². The van der Waals surface area contributed by atoms with Gasteiger partial charge < -0.3 is 10.0 Å². The van der Waals surface area contributed by atoms with Crippen molar-refractivity contribution in [1.29, 1.82) is 0 Å². The molecule has 1 aliphatic carbocycles. The molecule has 21 heavy (non-hydrogen) atoms. The zero-order chi connectivity index (χ0) is 15.4. The summed E-state index contributed by atoms with van der Waals surface area (Å²) in [4.78, 5) is 23.3. The fourth-order valence-electron chi connectivity index (χ4n) is 2.23. The molecule has 112 valence electrons. The van der Waals surface area contributed by atoms with Crippen molar-refractivity contribution >= 4 is 23.4 Å². The number of nitro benzene ring substituents is 1. The molecular weight excluding hydrogens is 272 g/mol. The lowest BCUT2D eigenvalue weighted by Crippen LogP contribution is -2.25. The lowest BCUT2D eigenvalue weighted by Gasteiger charge is -2.23. The SMILES string of the molecule is CCN(CC1CC1)c1ccc([N+](=O)[O-])c(/C=C/C(=O)O)c1. The largest absolute Gasteiger partial charge is 0.478 e. The number of aliphatic carboxylic acids is 1. The van der Waals surface area contributed by atoms with Gasteiger partial charge >= 0.3 is 5.97 Å². The number of anilines is 1. The van der Waals surface area contributed by atoms with Gasteiger partial charge in [0.05, 0.1) is 10.5 Å². The van der Waals surface area contributed by atoms with E-state index in [1.165, 1.54) is 25.0 Å². The number of nitrogens with zero attached hydrogens (tertiary/aromatic N) is 2. The molecule has 0 amide bonds. The molecule has 0 spiro atoms. The Morgan fingerprint density at radius 2 is 2.24 bits per heavy atom. The third kappa shape index (κ3) is 4.05. The van der Waals surface area contributed by atoms with Crippen LogP contribution in [0, 0.1) is 16.0 Å². The number of carbonyl (C=O) groups is 1. The van der Waals surface area contributed by atoms with Crippen molar-refractivity contribution in [2.45, 2.75) is 19.8 Å². The molecule has 1 aromatic rings. The van der Waals surface area contributed by atoms with Crippen LogP contribution < -0.4 is 4.90 Å². The molecule has 0 bridgehead atoms. The first-order valence-corrected chi connectivity index (χ1v) is 6.95. The second-order valence-electron chi connectivity index (χ2n) is 5.15. The number of hydrogen-bond donors (Lipinski definition) is 1. The zero-order valence-corrected chi connectivity index (χ0v) is 11.9. The van der Waals surface area contributed by atoms with Gasteiger partial charge in [-0.15, -0.1) is 0 Å². The molecule has 0 aliphatic heterocycles. The van der Waals surface area contributed by atoms with Gasteiger partial charge in [0, 0.05) is 30.9 Å². The predicted octanol–water partition coefficient (Wildman–Crippen LogP) is 2.93. The third-order valence-corrected chi connectivity index (χ3v) is 3.54. The van der Waals surface area contributed by atoms with Crippen molar-refractivity contribution in [3.63, 3.8) is 0 Å². The highest BCUT2D eigenvalue weighted by Gasteiger charge is 2.24. The van der Waals surface area contributed by atoms with Crippen LogP contribution in [0.15, 0.2) is 24.3 Å². The van der Waals surface area contributed by atoms with Crippen molar-refractivity contribution in [3.05, 3.63) is 40.0 Å². The number of rotatable bonds is 7. The summed E-state index contributed by atoms with van der Waals surface area (Å²) in [5, 5.41) is 19.7. The first kappa shape index (κ1) is 15.0. The normalized spacial score (nSPS) is 14.3. The van der Waals surface area contributed by atoms with Gasteiger partial charge in [-0.1, -0.05) is 0 Å². The quantitative estimate of drug-likeness (QED) is 0.474. The molecule has 1 N–H and O–H groups in total. The van der Waals surface area contributed by atoms with E-state index in [0.29, 0.717) is 11.5 Å². The van der Waals surface area contributed by atoms with Gasteiger partial charge in [0.15, 0.2) is 0 Å². The molecule has 6 nitrogen and oxygen atoms in total. The monoisotopic (exact) mass is 290 g/mol. The number of benzene rings is 1. The van der Waals surface area contributed by atoms with Gasteiger partial charge in [-0.2, -0.15) is 0 Å². The number of carboxylic acid groups (broad SMARTS) is 1. The first-order chi connectivity index (χ1) is 10.0. The van der Waals surface area contributed by atoms with Crippen LogP contribution in [-0.4, -0.2) is 29.1 Å². The number of hydrogen-bond acceptors (Lipinski definition) is 4. The average molecular weight is 290 g/mol. The Morgan fingerprint density at radius 3 is 2.76 bits per heavy atom. The lowest BCUT2D eigenvalue weighted by atomic mass is 10.1. The Balaban J connectivity index is 2.32. The van der Waals surface area contributed by atoms with Gasteiger partial charge in [-0.3, -0.25) is 10.1 Å². The van der Waals surface area contributed by atoms with E-state index in [9.17, 15) is 14.9 Å². The summed E-state index contributed by atoms with van der Waals surface area (Å²) in [6, 6.07) is 4.85. The number of carboxylic acids is 1. The van der Waals surface area contributed by atoms with Crippen molar-refractivity contribution in [1.82, 2.24) is 0 Å². The van der Waals surface area contributed by atoms with E-state index < -0.39 is 10.9 Å². The summed E-state index contributed by atoms with van der Waals surface area (Å²) in [6.45, 7) is 3.79. The van der Waals surface area contributed by atoms with Crippen molar-refractivity contribution < 1.29 is 14.8 Å². The van der Waals surface area contributed by atoms with Crippen molar-refractivity contribution in [2.75, 3.05) is 18.0 Å². The van der Waals surface area contributed by atoms with Crippen LogP contribution in [0.4, 0.5) is 11.4 Å². The Morgan fingerprint density at radius 1 is 1.52 bits per heavy atom. The van der Waals surface area contributed by atoms with Gasteiger partial charge in [0.1, 0.15) is 0 Å². The van der Waals surface area contributed by atoms with Crippen LogP contribution in [0.3, 0.4) is 0 Å². The third-order valence-electron chi connectivity index (χ3n) is 3.54. The molecule has 1 fully saturated rings. The summed E-state index contributed by atoms with van der Waals surface area (Å²) in [5.41, 5.74) is 1.12. The second kappa shape index (κ2) is 6.39. The van der Waals surface area contributed by atoms with Crippen LogP contribution in [0.5, 0.6) is 0 Å². The summed E-state index contributed by atoms with van der Waals surface area (Å²) in [7, 11) is 0. The van der Waals surface area contributed by atoms with E-state index >= 15 is 0 Å². The van der Waals surface area contributed by atoms with Crippen LogP contribution in [-0.2, 0) is 4.79 Å². The maximum Gasteiger partial charge on any atom is 0.328 e. The molecular formula is C15H18N2O4. The Kier molecular flexibility index (Phi) is 4.57. The minimum absolute atomic E-state index is 0.0845. The van der Waals surface area contributed by atoms with E-state index in [1.807, 2.05) is 6.92 Å². The molecule has 0 heterocycles. The van der Waals surface area contributed by atoms with Gasteiger partial charge in [0.25, 0.3) is 5.69 Å². The molecule has 0 atom stereocenters. The second-order valence-corrected chi connectivity index (χ2v) is 5.15. The molecule has 6 heteroatoms. The molecule has 0 radical (unpaired) electrons. The number of nitro groups is 1. The van der Waals surface area contributed by atoms with Crippen LogP contribution in [0.2, 0.25) is 0 Å². The van der Waals surface area contributed by atoms with E-state index in [-0.39, 0.29) is 5.69 Å². The fraction of sp³-hybridized carbons (Fsp3) is 0.400. The summed E-state index contributed by atoms with van der Waals surface area (Å²) >= 11 is 0.